The molecule has 3 nitrogen and oxygen atoms in total. The predicted molar refractivity (Wildman–Crippen MR) is 72.6 cm³/mol. The number of nitrogens with one attached hydrogen (secondary N) is 1. The Bertz CT molecular complexity index is 403. The summed E-state index contributed by atoms with van der Waals surface area (Å²) >= 11 is 6.04. The third kappa shape index (κ3) is 2.85. The zero-order valence-electron chi connectivity index (χ0n) is 10.3. The molecule has 0 radical (unpaired) electrons. The van der Waals surface area contributed by atoms with Crippen LogP contribution >= 0.6 is 11.6 Å². The van der Waals surface area contributed by atoms with Crippen molar-refractivity contribution in [3.8, 4) is 0 Å². The maximum Gasteiger partial charge on any atom is 0.0656 e. The van der Waals surface area contributed by atoms with Crippen LogP contribution in [-0.2, 0) is 4.74 Å². The second-order valence-corrected chi connectivity index (χ2v) is 5.15. The summed E-state index contributed by atoms with van der Waals surface area (Å²) in [6, 6.07) is 4.19. The Balaban J connectivity index is 2.09. The highest BCUT2D eigenvalue weighted by Crippen LogP contribution is 2.28. The number of nitrogen functional groups attached to an aromatic ring is 1. The number of ether oxygens (including phenoxy) is 1. The van der Waals surface area contributed by atoms with Gasteiger partial charge in [-0.25, -0.2) is 0 Å². The van der Waals surface area contributed by atoms with E-state index in [9.17, 15) is 0 Å². The van der Waals surface area contributed by atoms with Gasteiger partial charge in [0.2, 0.25) is 0 Å². The maximum absolute atomic E-state index is 6.04. The summed E-state index contributed by atoms with van der Waals surface area (Å²) in [6.45, 7) is 5.93. The van der Waals surface area contributed by atoms with Crippen molar-refractivity contribution in [1.29, 1.82) is 0 Å². The molecule has 2 atom stereocenters. The Morgan fingerprint density at radius 1 is 1.53 bits per heavy atom. The van der Waals surface area contributed by atoms with E-state index in [1.165, 1.54) is 0 Å². The molecule has 1 heterocycles. The van der Waals surface area contributed by atoms with Crippen LogP contribution < -0.4 is 11.1 Å². The molecule has 0 aromatic heterocycles. The van der Waals surface area contributed by atoms with E-state index in [-0.39, 0.29) is 0 Å². The zero-order valence-corrected chi connectivity index (χ0v) is 11.1. The predicted octanol–water partition coefficient (Wildman–Crippen LogP) is 3.07. The van der Waals surface area contributed by atoms with Crippen molar-refractivity contribution in [3.05, 3.63) is 22.7 Å². The Hall–Kier alpha value is -0.930. The molecule has 0 amide bonds. The van der Waals surface area contributed by atoms with Crippen LogP contribution in [0.1, 0.15) is 18.9 Å². The zero-order chi connectivity index (χ0) is 12.4. The van der Waals surface area contributed by atoms with E-state index < -0.39 is 0 Å². The first-order valence-electron chi connectivity index (χ1n) is 5.98. The summed E-state index contributed by atoms with van der Waals surface area (Å²) in [4.78, 5) is 0. The second kappa shape index (κ2) is 5.15. The van der Waals surface area contributed by atoms with Crippen LogP contribution in [0.5, 0.6) is 0 Å². The van der Waals surface area contributed by atoms with Crippen molar-refractivity contribution < 1.29 is 4.74 Å². The Morgan fingerprint density at radius 2 is 2.29 bits per heavy atom. The van der Waals surface area contributed by atoms with Crippen molar-refractivity contribution in [2.24, 2.45) is 5.92 Å². The number of aryl methyl sites for hydroxylation is 1. The fourth-order valence-corrected chi connectivity index (χ4v) is 2.33. The number of hydrogen-bond acceptors (Lipinski definition) is 3. The van der Waals surface area contributed by atoms with Gasteiger partial charge in [0.1, 0.15) is 0 Å². The van der Waals surface area contributed by atoms with Gasteiger partial charge in [-0.15, -0.1) is 0 Å². The molecule has 0 saturated carbocycles. The molecule has 0 bridgehead atoms. The largest absolute Gasteiger partial charge is 0.398 e. The number of halogens is 1. The normalized spacial score (nSPS) is 21.5. The number of hydrogen-bond donors (Lipinski definition) is 2. The monoisotopic (exact) mass is 254 g/mol. The Morgan fingerprint density at radius 3 is 2.94 bits per heavy atom. The molecule has 0 aliphatic carbocycles. The average molecular weight is 255 g/mol. The van der Waals surface area contributed by atoms with Crippen molar-refractivity contribution in [2.45, 2.75) is 26.3 Å². The molecule has 0 spiro atoms. The van der Waals surface area contributed by atoms with E-state index in [1.807, 2.05) is 19.1 Å². The lowest BCUT2D eigenvalue weighted by Crippen LogP contribution is -2.26. The number of rotatable bonds is 3. The van der Waals surface area contributed by atoms with E-state index in [0.717, 1.165) is 30.9 Å². The first-order valence-corrected chi connectivity index (χ1v) is 6.35. The first-order chi connectivity index (χ1) is 8.08. The van der Waals surface area contributed by atoms with E-state index in [0.29, 0.717) is 22.7 Å². The van der Waals surface area contributed by atoms with Gasteiger partial charge >= 0.3 is 0 Å². The minimum atomic E-state index is 0.385. The van der Waals surface area contributed by atoms with Crippen LogP contribution in [0.2, 0.25) is 5.02 Å². The fourth-order valence-electron chi connectivity index (χ4n) is 2.17. The van der Waals surface area contributed by atoms with E-state index in [2.05, 4.69) is 12.2 Å². The lowest BCUT2D eigenvalue weighted by molar-refractivity contribution is 0.183. The molecule has 2 unspecified atom stereocenters. The van der Waals surface area contributed by atoms with Gasteiger partial charge in [-0.1, -0.05) is 11.6 Å². The second-order valence-electron chi connectivity index (χ2n) is 4.75. The molecule has 1 aromatic rings. The molecular formula is C13H19ClN2O. The summed E-state index contributed by atoms with van der Waals surface area (Å²) in [7, 11) is 0. The van der Waals surface area contributed by atoms with Gasteiger partial charge < -0.3 is 15.8 Å². The molecule has 1 saturated heterocycles. The molecular weight excluding hydrogens is 236 g/mol. The van der Waals surface area contributed by atoms with Crippen LogP contribution in [0.4, 0.5) is 11.4 Å². The molecule has 1 aliphatic heterocycles. The number of nitrogens with two attached hydrogens (primary N) is 1. The standard InChI is InChI=1S/C13H19ClN2O/c1-8-5-12(15)11(14)6-13(8)16-9(2)10-3-4-17-7-10/h5-6,9-10,16H,3-4,7,15H2,1-2H3. The molecule has 17 heavy (non-hydrogen) atoms. The van der Waals surface area contributed by atoms with Gasteiger partial charge in [0, 0.05) is 24.3 Å². The summed E-state index contributed by atoms with van der Waals surface area (Å²) in [5.74, 6) is 0.575. The highest BCUT2D eigenvalue weighted by Gasteiger charge is 2.22. The van der Waals surface area contributed by atoms with E-state index in [1.54, 1.807) is 0 Å². The summed E-state index contributed by atoms with van der Waals surface area (Å²) in [5.41, 5.74) is 8.58. The molecule has 1 aliphatic rings. The highest BCUT2D eigenvalue weighted by atomic mass is 35.5. The van der Waals surface area contributed by atoms with E-state index in [4.69, 9.17) is 22.1 Å². The Kier molecular flexibility index (Phi) is 3.79. The third-order valence-corrected chi connectivity index (χ3v) is 3.73. The first kappa shape index (κ1) is 12.5. The number of benzene rings is 1. The molecule has 94 valence electrons. The van der Waals surface area contributed by atoms with Gasteiger partial charge in [0.15, 0.2) is 0 Å². The summed E-state index contributed by atoms with van der Waals surface area (Å²) in [5, 5.41) is 4.10. The third-order valence-electron chi connectivity index (χ3n) is 3.40. The average Bonchev–Trinajstić information content (AvgIpc) is 2.79. The lowest BCUT2D eigenvalue weighted by Gasteiger charge is -2.22. The van der Waals surface area contributed by atoms with Gasteiger partial charge in [-0.05, 0) is 38.0 Å². The van der Waals surface area contributed by atoms with Crippen LogP contribution in [0.15, 0.2) is 12.1 Å². The summed E-state index contributed by atoms with van der Waals surface area (Å²) < 4.78 is 5.40. The topological polar surface area (TPSA) is 47.3 Å². The van der Waals surface area contributed by atoms with Crippen molar-refractivity contribution in [3.63, 3.8) is 0 Å². The molecule has 4 heteroatoms. The van der Waals surface area contributed by atoms with Gasteiger partial charge in [-0.2, -0.15) is 0 Å². The quantitative estimate of drug-likeness (QED) is 0.815. The molecule has 1 fully saturated rings. The van der Waals surface area contributed by atoms with Crippen LogP contribution in [0, 0.1) is 12.8 Å². The highest BCUT2D eigenvalue weighted by molar-refractivity contribution is 6.33. The lowest BCUT2D eigenvalue weighted by atomic mass is 10.00. The van der Waals surface area contributed by atoms with Crippen molar-refractivity contribution >= 4 is 23.0 Å². The molecule has 1 aromatic carbocycles. The van der Waals surface area contributed by atoms with Crippen molar-refractivity contribution in [2.75, 3.05) is 24.3 Å². The van der Waals surface area contributed by atoms with Crippen molar-refractivity contribution in [1.82, 2.24) is 0 Å². The SMILES string of the molecule is Cc1cc(N)c(Cl)cc1NC(C)C1CCOC1. The molecule has 2 rings (SSSR count). The minimum absolute atomic E-state index is 0.385. The minimum Gasteiger partial charge on any atom is -0.398 e. The van der Waals surface area contributed by atoms with Gasteiger partial charge in [-0.3, -0.25) is 0 Å². The van der Waals surface area contributed by atoms with Crippen LogP contribution in [-0.4, -0.2) is 19.3 Å². The van der Waals surface area contributed by atoms with E-state index >= 15 is 0 Å². The smallest absolute Gasteiger partial charge is 0.0656 e. The van der Waals surface area contributed by atoms with Gasteiger partial charge in [0.25, 0.3) is 0 Å². The van der Waals surface area contributed by atoms with Crippen LogP contribution in [0.25, 0.3) is 0 Å². The molecule has 3 N–H and O–H groups in total. The maximum atomic E-state index is 6.04. The summed E-state index contributed by atoms with van der Waals surface area (Å²) in [6.07, 6.45) is 1.12. The number of anilines is 2. The fraction of sp³-hybridized carbons (Fsp3) is 0.538. The van der Waals surface area contributed by atoms with Crippen LogP contribution in [0.3, 0.4) is 0 Å². The Labute approximate surface area is 107 Å². The van der Waals surface area contributed by atoms with Gasteiger partial charge in [0.05, 0.1) is 17.3 Å².